The van der Waals surface area contributed by atoms with E-state index in [0.717, 1.165) is 12.1 Å². The highest BCUT2D eigenvalue weighted by atomic mass is 35.5. The van der Waals surface area contributed by atoms with E-state index < -0.39 is 17.2 Å². The number of hydrogen-bond donors (Lipinski definition) is 2. The average Bonchev–Trinajstić information content (AvgIpc) is 2.45. The molecule has 132 valence electrons. The molecule has 0 fully saturated rings. The summed E-state index contributed by atoms with van der Waals surface area (Å²) in [5.74, 6) is -1.33. The topological polar surface area (TPSA) is 64.3 Å². The van der Waals surface area contributed by atoms with E-state index in [1.165, 1.54) is 6.07 Å². The molecule has 0 saturated carbocycles. The van der Waals surface area contributed by atoms with Crippen molar-refractivity contribution in [3.8, 4) is 5.75 Å². The Labute approximate surface area is 142 Å². The van der Waals surface area contributed by atoms with Crippen molar-refractivity contribution in [3.05, 3.63) is 29.8 Å². The quantitative estimate of drug-likeness (QED) is 0.708. The Kier molecular flexibility index (Phi) is 9.09. The minimum absolute atomic E-state index is 0. The summed E-state index contributed by atoms with van der Waals surface area (Å²) >= 11 is 0. The Morgan fingerprint density at radius 1 is 1.39 bits per heavy atom. The predicted octanol–water partition coefficient (Wildman–Crippen LogP) is 3.04. The maximum absolute atomic E-state index is 13.3. The van der Waals surface area contributed by atoms with E-state index >= 15 is 0 Å². The monoisotopic (exact) mass is 350 g/mol. The second kappa shape index (κ2) is 9.67. The SMILES string of the molecule is CC(C)C(C)(CN)NC(=O)CCCOc1ccc(F)cc1F.Cl. The molecule has 1 rings (SSSR count). The summed E-state index contributed by atoms with van der Waals surface area (Å²) in [6.45, 7) is 6.42. The number of ether oxygens (including phenoxy) is 1. The first-order chi connectivity index (χ1) is 10.3. The molecule has 7 heteroatoms. The number of rotatable bonds is 8. The van der Waals surface area contributed by atoms with E-state index in [0.29, 0.717) is 13.0 Å². The van der Waals surface area contributed by atoms with Gasteiger partial charge in [-0.25, -0.2) is 8.78 Å². The number of nitrogens with one attached hydrogen (secondary N) is 1. The molecule has 1 atom stereocenters. The van der Waals surface area contributed by atoms with Crippen LogP contribution >= 0.6 is 12.4 Å². The fourth-order valence-electron chi connectivity index (χ4n) is 1.82. The van der Waals surface area contributed by atoms with Crippen LogP contribution in [-0.4, -0.2) is 24.6 Å². The minimum atomic E-state index is -0.750. The van der Waals surface area contributed by atoms with Gasteiger partial charge in [-0.1, -0.05) is 13.8 Å². The Balaban J connectivity index is 0.00000484. The van der Waals surface area contributed by atoms with Crippen molar-refractivity contribution < 1.29 is 18.3 Å². The Morgan fingerprint density at radius 3 is 2.57 bits per heavy atom. The van der Waals surface area contributed by atoms with Crippen molar-refractivity contribution in [2.24, 2.45) is 11.7 Å². The maximum Gasteiger partial charge on any atom is 0.220 e. The van der Waals surface area contributed by atoms with Crippen molar-refractivity contribution in [2.45, 2.75) is 39.2 Å². The summed E-state index contributed by atoms with van der Waals surface area (Å²) in [5, 5.41) is 2.92. The van der Waals surface area contributed by atoms with Gasteiger partial charge in [-0.2, -0.15) is 0 Å². The van der Waals surface area contributed by atoms with Gasteiger partial charge in [0.2, 0.25) is 5.91 Å². The largest absolute Gasteiger partial charge is 0.491 e. The average molecular weight is 351 g/mol. The fraction of sp³-hybridized carbons (Fsp3) is 0.562. The number of halogens is 3. The van der Waals surface area contributed by atoms with Crippen molar-refractivity contribution in [1.82, 2.24) is 5.32 Å². The third kappa shape index (κ3) is 6.71. The zero-order valence-corrected chi connectivity index (χ0v) is 14.5. The molecule has 0 bridgehead atoms. The molecule has 0 radical (unpaired) electrons. The van der Waals surface area contributed by atoms with Gasteiger partial charge in [0.05, 0.1) is 12.1 Å². The summed E-state index contributed by atoms with van der Waals surface area (Å²) < 4.78 is 31.3. The molecule has 0 saturated heterocycles. The van der Waals surface area contributed by atoms with Gasteiger partial charge in [0.1, 0.15) is 5.82 Å². The molecule has 0 aliphatic carbocycles. The van der Waals surface area contributed by atoms with Gasteiger partial charge in [0.25, 0.3) is 0 Å². The molecule has 0 spiro atoms. The maximum atomic E-state index is 13.3. The van der Waals surface area contributed by atoms with Crippen LogP contribution in [-0.2, 0) is 4.79 Å². The molecular weight excluding hydrogens is 326 g/mol. The third-order valence-electron chi connectivity index (χ3n) is 3.82. The van der Waals surface area contributed by atoms with E-state index in [9.17, 15) is 13.6 Å². The molecule has 0 aliphatic rings. The molecule has 0 aromatic heterocycles. The van der Waals surface area contributed by atoms with Crippen LogP contribution in [0.2, 0.25) is 0 Å². The second-order valence-electron chi connectivity index (χ2n) is 5.85. The lowest BCUT2D eigenvalue weighted by Crippen LogP contribution is -2.55. The number of benzene rings is 1. The molecule has 1 aromatic carbocycles. The number of carbonyl (C=O) groups is 1. The van der Waals surface area contributed by atoms with Crippen LogP contribution in [0.15, 0.2) is 18.2 Å². The molecule has 23 heavy (non-hydrogen) atoms. The zero-order chi connectivity index (χ0) is 16.8. The molecule has 1 amide bonds. The van der Waals surface area contributed by atoms with Crippen LogP contribution in [0.4, 0.5) is 8.78 Å². The lowest BCUT2D eigenvalue weighted by molar-refractivity contribution is -0.123. The Hall–Kier alpha value is -1.40. The van der Waals surface area contributed by atoms with Crippen molar-refractivity contribution in [3.63, 3.8) is 0 Å². The standard InChI is InChI=1S/C16H24F2N2O2.ClH/c1-11(2)16(3,10-19)20-15(21)5-4-8-22-14-7-6-12(17)9-13(14)18;/h6-7,9,11H,4-5,8,10,19H2,1-3H3,(H,20,21);1H. The summed E-state index contributed by atoms with van der Waals surface area (Å²) in [6.07, 6.45) is 0.687. The Bertz CT molecular complexity index is 515. The van der Waals surface area contributed by atoms with Gasteiger partial charge in [0.15, 0.2) is 11.6 Å². The van der Waals surface area contributed by atoms with Gasteiger partial charge < -0.3 is 15.8 Å². The Morgan fingerprint density at radius 2 is 2.04 bits per heavy atom. The van der Waals surface area contributed by atoms with E-state index in [1.807, 2.05) is 20.8 Å². The van der Waals surface area contributed by atoms with Crippen LogP contribution in [0, 0.1) is 17.6 Å². The molecule has 0 heterocycles. The van der Waals surface area contributed by atoms with Gasteiger partial charge in [0, 0.05) is 19.0 Å². The fourth-order valence-corrected chi connectivity index (χ4v) is 1.82. The van der Waals surface area contributed by atoms with Gasteiger partial charge in [-0.15, -0.1) is 12.4 Å². The lowest BCUT2D eigenvalue weighted by Gasteiger charge is -2.33. The lowest BCUT2D eigenvalue weighted by atomic mass is 9.88. The molecule has 3 N–H and O–H groups in total. The van der Waals surface area contributed by atoms with Crippen LogP contribution in [0.1, 0.15) is 33.6 Å². The van der Waals surface area contributed by atoms with E-state index in [-0.39, 0.29) is 43.0 Å². The van der Waals surface area contributed by atoms with E-state index in [2.05, 4.69) is 5.32 Å². The first-order valence-electron chi connectivity index (χ1n) is 7.37. The molecule has 0 aliphatic heterocycles. The van der Waals surface area contributed by atoms with Crippen molar-refractivity contribution >= 4 is 18.3 Å². The molecule has 1 aromatic rings. The number of carbonyl (C=O) groups excluding carboxylic acids is 1. The number of hydrogen-bond acceptors (Lipinski definition) is 3. The van der Waals surface area contributed by atoms with Gasteiger partial charge in [-0.05, 0) is 31.4 Å². The molecule has 4 nitrogen and oxygen atoms in total. The summed E-state index contributed by atoms with van der Waals surface area (Å²) in [6, 6.07) is 3.12. The second-order valence-corrected chi connectivity index (χ2v) is 5.85. The summed E-state index contributed by atoms with van der Waals surface area (Å²) in [4.78, 5) is 11.9. The highest BCUT2D eigenvalue weighted by Crippen LogP contribution is 2.18. The van der Waals surface area contributed by atoms with Crippen molar-refractivity contribution in [1.29, 1.82) is 0 Å². The first-order valence-corrected chi connectivity index (χ1v) is 7.37. The number of nitrogens with two attached hydrogens (primary N) is 1. The van der Waals surface area contributed by atoms with Gasteiger partial charge >= 0.3 is 0 Å². The van der Waals surface area contributed by atoms with Crippen LogP contribution < -0.4 is 15.8 Å². The van der Waals surface area contributed by atoms with Crippen LogP contribution in [0.25, 0.3) is 0 Å². The van der Waals surface area contributed by atoms with Crippen molar-refractivity contribution in [2.75, 3.05) is 13.2 Å². The van der Waals surface area contributed by atoms with Gasteiger partial charge in [-0.3, -0.25) is 4.79 Å². The van der Waals surface area contributed by atoms with Crippen LogP contribution in [0.3, 0.4) is 0 Å². The summed E-state index contributed by atoms with van der Waals surface area (Å²) in [5.41, 5.74) is 5.26. The van der Waals surface area contributed by atoms with E-state index in [4.69, 9.17) is 10.5 Å². The normalized spacial score (nSPS) is 13.2. The predicted molar refractivity (Wildman–Crippen MR) is 88.8 cm³/mol. The highest BCUT2D eigenvalue weighted by Gasteiger charge is 2.28. The smallest absolute Gasteiger partial charge is 0.220 e. The molecular formula is C16H25ClF2N2O2. The van der Waals surface area contributed by atoms with E-state index in [1.54, 1.807) is 0 Å². The summed E-state index contributed by atoms with van der Waals surface area (Å²) in [7, 11) is 0. The van der Waals surface area contributed by atoms with Crippen LogP contribution in [0.5, 0.6) is 5.75 Å². The number of amides is 1. The minimum Gasteiger partial charge on any atom is -0.491 e. The molecule has 1 unspecified atom stereocenters. The third-order valence-corrected chi connectivity index (χ3v) is 3.82. The highest BCUT2D eigenvalue weighted by molar-refractivity contribution is 5.85. The first kappa shape index (κ1) is 21.6. The zero-order valence-electron chi connectivity index (χ0n) is 13.7.